The molecule has 0 aliphatic carbocycles. The number of benzene rings is 2. The molecule has 0 saturated heterocycles. The Kier molecular flexibility index (Phi) is 3.68. The zero-order valence-corrected chi connectivity index (χ0v) is 13.6. The van der Waals surface area contributed by atoms with Crippen LogP contribution in [-0.4, -0.2) is 11.8 Å². The van der Waals surface area contributed by atoms with Gasteiger partial charge in [0.1, 0.15) is 0 Å². The maximum atomic E-state index is 12.4. The molecule has 4 heteroatoms. The van der Waals surface area contributed by atoms with E-state index in [0.29, 0.717) is 17.7 Å². The second-order valence-electron chi connectivity index (χ2n) is 6.84. The molecule has 3 rings (SSSR count). The molecule has 2 N–H and O–H groups in total. The van der Waals surface area contributed by atoms with Gasteiger partial charge in [-0.3, -0.25) is 9.59 Å². The number of carbonyl (C=O) groups excluding carboxylic acids is 2. The first-order chi connectivity index (χ1) is 10.8. The molecule has 0 saturated carbocycles. The summed E-state index contributed by atoms with van der Waals surface area (Å²) < 4.78 is 0. The minimum atomic E-state index is -0.168. The van der Waals surface area contributed by atoms with E-state index in [1.54, 1.807) is 0 Å². The van der Waals surface area contributed by atoms with E-state index in [4.69, 9.17) is 0 Å². The number of nitrogens with one attached hydrogen (secondary N) is 2. The molecule has 0 unspecified atom stereocenters. The quantitative estimate of drug-likeness (QED) is 0.888. The number of amides is 2. The highest BCUT2D eigenvalue weighted by Crippen LogP contribution is 2.30. The molecule has 0 atom stereocenters. The summed E-state index contributed by atoms with van der Waals surface area (Å²) >= 11 is 0. The van der Waals surface area contributed by atoms with Gasteiger partial charge in [0, 0.05) is 22.5 Å². The molecule has 1 heterocycles. The van der Waals surface area contributed by atoms with Crippen molar-refractivity contribution in [2.75, 3.05) is 10.6 Å². The van der Waals surface area contributed by atoms with E-state index < -0.39 is 0 Å². The third-order valence-corrected chi connectivity index (χ3v) is 4.05. The second kappa shape index (κ2) is 5.54. The Balaban J connectivity index is 1.81. The smallest absolute Gasteiger partial charge is 0.255 e. The Morgan fingerprint density at radius 1 is 1.09 bits per heavy atom. The minimum absolute atomic E-state index is 0.0452. The number of hydrogen-bond donors (Lipinski definition) is 2. The summed E-state index contributed by atoms with van der Waals surface area (Å²) in [6.07, 6.45) is 0.300. The van der Waals surface area contributed by atoms with Crippen molar-refractivity contribution >= 4 is 23.2 Å². The van der Waals surface area contributed by atoms with Crippen molar-refractivity contribution in [1.29, 1.82) is 0 Å². The predicted molar refractivity (Wildman–Crippen MR) is 91.9 cm³/mol. The van der Waals surface area contributed by atoms with Gasteiger partial charge >= 0.3 is 0 Å². The van der Waals surface area contributed by atoms with Crippen LogP contribution in [0.25, 0.3) is 0 Å². The fourth-order valence-electron chi connectivity index (χ4n) is 2.68. The number of fused-ring (bicyclic) bond motifs is 1. The Morgan fingerprint density at radius 2 is 1.78 bits per heavy atom. The van der Waals surface area contributed by atoms with Gasteiger partial charge in [0.25, 0.3) is 5.91 Å². The van der Waals surface area contributed by atoms with Crippen LogP contribution in [-0.2, 0) is 16.6 Å². The highest BCUT2D eigenvalue weighted by molar-refractivity contribution is 6.07. The monoisotopic (exact) mass is 308 g/mol. The number of anilines is 2. The lowest BCUT2D eigenvalue weighted by Crippen LogP contribution is -2.15. The molecule has 2 amide bonds. The molecule has 1 aliphatic heterocycles. The summed E-state index contributed by atoms with van der Waals surface area (Å²) in [5.74, 6) is -0.213. The van der Waals surface area contributed by atoms with Crippen LogP contribution in [0.2, 0.25) is 0 Å². The summed E-state index contributed by atoms with van der Waals surface area (Å²) in [5, 5.41) is 5.69. The van der Waals surface area contributed by atoms with Crippen LogP contribution in [0.3, 0.4) is 0 Å². The maximum absolute atomic E-state index is 12.4. The van der Waals surface area contributed by atoms with Gasteiger partial charge in [-0.15, -0.1) is 0 Å². The zero-order chi connectivity index (χ0) is 16.6. The molecule has 2 aromatic carbocycles. The molecule has 0 spiro atoms. The summed E-state index contributed by atoms with van der Waals surface area (Å²) in [7, 11) is 0. The number of carbonyl (C=O) groups is 2. The lowest BCUT2D eigenvalue weighted by atomic mass is 9.86. The molecule has 0 radical (unpaired) electrons. The van der Waals surface area contributed by atoms with Crippen LogP contribution in [0.5, 0.6) is 0 Å². The van der Waals surface area contributed by atoms with Crippen molar-refractivity contribution in [1.82, 2.24) is 0 Å². The summed E-state index contributed by atoms with van der Waals surface area (Å²) in [5.41, 5.74) is 4.15. The molecule has 23 heavy (non-hydrogen) atoms. The summed E-state index contributed by atoms with van der Waals surface area (Å²) in [6.45, 7) is 6.41. The molecule has 118 valence electrons. The van der Waals surface area contributed by atoms with Gasteiger partial charge in [-0.05, 0) is 35.2 Å². The molecular formula is C19H20N2O2. The Morgan fingerprint density at radius 3 is 2.43 bits per heavy atom. The minimum Gasteiger partial charge on any atom is -0.325 e. The topological polar surface area (TPSA) is 58.2 Å². The normalized spacial score (nSPS) is 13.4. The van der Waals surface area contributed by atoms with E-state index >= 15 is 0 Å². The largest absolute Gasteiger partial charge is 0.325 e. The number of hydrogen-bond acceptors (Lipinski definition) is 2. The molecule has 0 aromatic heterocycles. The van der Waals surface area contributed by atoms with Gasteiger partial charge in [-0.25, -0.2) is 0 Å². The molecule has 1 aliphatic rings. The Bertz CT molecular complexity index is 771. The first-order valence-electron chi connectivity index (χ1n) is 7.68. The average Bonchev–Trinajstić information content (AvgIpc) is 2.88. The van der Waals surface area contributed by atoms with Crippen LogP contribution >= 0.6 is 0 Å². The van der Waals surface area contributed by atoms with Crippen molar-refractivity contribution in [2.24, 2.45) is 0 Å². The van der Waals surface area contributed by atoms with Crippen molar-refractivity contribution in [3.8, 4) is 0 Å². The Labute approximate surface area is 135 Å². The van der Waals surface area contributed by atoms with E-state index in [1.807, 2.05) is 42.5 Å². The standard InChI is InChI=1S/C19H20N2O2/c1-19(2,3)13-9-7-12(8-10-13)18(23)21-16-6-4-5-15-14(16)11-17(22)20-15/h4-10H,11H2,1-3H3,(H,20,22)(H,21,23). The molecule has 0 bridgehead atoms. The van der Waals surface area contributed by atoms with Gasteiger partial charge in [-0.1, -0.05) is 39.0 Å². The lowest BCUT2D eigenvalue weighted by Gasteiger charge is -2.19. The van der Waals surface area contributed by atoms with Gasteiger partial charge in [0.15, 0.2) is 0 Å². The van der Waals surface area contributed by atoms with Crippen LogP contribution < -0.4 is 10.6 Å². The molecule has 0 fully saturated rings. The van der Waals surface area contributed by atoms with Crippen molar-refractivity contribution in [3.63, 3.8) is 0 Å². The van der Waals surface area contributed by atoms with Gasteiger partial charge in [-0.2, -0.15) is 0 Å². The van der Waals surface area contributed by atoms with E-state index in [2.05, 4.69) is 31.4 Å². The lowest BCUT2D eigenvalue weighted by molar-refractivity contribution is -0.115. The number of rotatable bonds is 2. The third-order valence-electron chi connectivity index (χ3n) is 4.05. The van der Waals surface area contributed by atoms with Crippen molar-refractivity contribution in [2.45, 2.75) is 32.6 Å². The zero-order valence-electron chi connectivity index (χ0n) is 13.6. The van der Waals surface area contributed by atoms with Crippen LogP contribution in [0, 0.1) is 0 Å². The summed E-state index contributed by atoms with van der Waals surface area (Å²) in [6, 6.07) is 13.1. The van der Waals surface area contributed by atoms with E-state index in [1.165, 1.54) is 5.56 Å². The van der Waals surface area contributed by atoms with Crippen molar-refractivity contribution in [3.05, 3.63) is 59.2 Å². The highest BCUT2D eigenvalue weighted by atomic mass is 16.2. The Hall–Kier alpha value is -2.62. The fourth-order valence-corrected chi connectivity index (χ4v) is 2.68. The van der Waals surface area contributed by atoms with Crippen molar-refractivity contribution < 1.29 is 9.59 Å². The predicted octanol–water partition coefficient (Wildman–Crippen LogP) is 3.73. The van der Waals surface area contributed by atoms with Gasteiger partial charge < -0.3 is 10.6 Å². The van der Waals surface area contributed by atoms with Gasteiger partial charge in [0.05, 0.1) is 6.42 Å². The fraction of sp³-hybridized carbons (Fsp3) is 0.263. The van der Waals surface area contributed by atoms with E-state index in [0.717, 1.165) is 11.3 Å². The third kappa shape index (κ3) is 3.11. The first kappa shape index (κ1) is 15.3. The van der Waals surface area contributed by atoms with E-state index in [-0.39, 0.29) is 17.2 Å². The molecule has 4 nitrogen and oxygen atoms in total. The van der Waals surface area contributed by atoms with Crippen LogP contribution in [0.15, 0.2) is 42.5 Å². The van der Waals surface area contributed by atoms with Crippen LogP contribution in [0.4, 0.5) is 11.4 Å². The van der Waals surface area contributed by atoms with Gasteiger partial charge in [0.2, 0.25) is 5.91 Å². The van der Waals surface area contributed by atoms with E-state index in [9.17, 15) is 9.59 Å². The first-order valence-corrected chi connectivity index (χ1v) is 7.68. The SMILES string of the molecule is CC(C)(C)c1ccc(C(=O)Nc2cccc3c2CC(=O)N3)cc1. The molecule has 2 aromatic rings. The second-order valence-corrected chi connectivity index (χ2v) is 6.84. The maximum Gasteiger partial charge on any atom is 0.255 e. The van der Waals surface area contributed by atoms with Crippen LogP contribution in [0.1, 0.15) is 42.3 Å². The summed E-state index contributed by atoms with van der Waals surface area (Å²) in [4.78, 5) is 24.0. The highest BCUT2D eigenvalue weighted by Gasteiger charge is 2.21. The molecular weight excluding hydrogens is 288 g/mol. The average molecular weight is 308 g/mol.